The zero-order valence-electron chi connectivity index (χ0n) is 12.2. The number of hydrogen-bond donors (Lipinski definition) is 1. The molecule has 0 fully saturated rings. The van der Waals surface area contributed by atoms with Gasteiger partial charge in [-0.25, -0.2) is 0 Å². The standard InChI is InChI=1S/C16H17NO3S/c1-18-16(19-2,20-3)11-7-6-10-14-15(11)17-12-8-4-5-9-13(12)21-14/h4-10,17H,1-3H3. The van der Waals surface area contributed by atoms with Crippen LogP contribution in [0, 0.1) is 0 Å². The topological polar surface area (TPSA) is 39.7 Å². The maximum absolute atomic E-state index is 5.48. The second-order valence-electron chi connectivity index (χ2n) is 4.57. The van der Waals surface area contributed by atoms with Crippen LogP contribution in [0.25, 0.3) is 0 Å². The molecule has 5 heteroatoms. The SMILES string of the molecule is COC(OC)(OC)c1cccc2c1Nc1ccccc1S2. The Bertz CT molecular complexity index is 647. The molecule has 1 N–H and O–H groups in total. The molecule has 0 atom stereocenters. The number of nitrogens with one attached hydrogen (secondary N) is 1. The van der Waals surface area contributed by atoms with Crippen LogP contribution in [-0.4, -0.2) is 21.3 Å². The molecule has 3 rings (SSSR count). The minimum absolute atomic E-state index is 0.814. The fraction of sp³-hybridized carbons (Fsp3) is 0.250. The predicted molar refractivity (Wildman–Crippen MR) is 83.0 cm³/mol. The first kappa shape index (κ1) is 14.4. The van der Waals surface area contributed by atoms with E-state index in [9.17, 15) is 0 Å². The van der Waals surface area contributed by atoms with Gasteiger partial charge in [-0.05, 0) is 24.3 Å². The zero-order valence-corrected chi connectivity index (χ0v) is 13.0. The van der Waals surface area contributed by atoms with Gasteiger partial charge in [0.2, 0.25) is 0 Å². The molecular formula is C16H17NO3S. The molecule has 0 aromatic heterocycles. The number of anilines is 2. The van der Waals surface area contributed by atoms with Crippen LogP contribution in [-0.2, 0) is 20.2 Å². The summed E-state index contributed by atoms with van der Waals surface area (Å²) in [5, 5.41) is 3.46. The molecule has 2 aromatic carbocycles. The number of benzene rings is 2. The average molecular weight is 303 g/mol. The molecule has 21 heavy (non-hydrogen) atoms. The van der Waals surface area contributed by atoms with Crippen LogP contribution in [0.5, 0.6) is 0 Å². The first-order valence-corrected chi connectivity index (χ1v) is 7.38. The van der Waals surface area contributed by atoms with E-state index in [0.29, 0.717) is 0 Å². The van der Waals surface area contributed by atoms with E-state index >= 15 is 0 Å². The van der Waals surface area contributed by atoms with Gasteiger partial charge in [0.15, 0.2) is 0 Å². The summed E-state index contributed by atoms with van der Waals surface area (Å²) in [5.74, 6) is -1.22. The van der Waals surface area contributed by atoms with Crippen molar-refractivity contribution in [2.24, 2.45) is 0 Å². The molecule has 1 aliphatic rings. The fourth-order valence-corrected chi connectivity index (χ4v) is 3.51. The van der Waals surface area contributed by atoms with Crippen molar-refractivity contribution in [3.63, 3.8) is 0 Å². The van der Waals surface area contributed by atoms with Crippen molar-refractivity contribution in [2.75, 3.05) is 26.6 Å². The first-order chi connectivity index (χ1) is 10.2. The second kappa shape index (κ2) is 5.69. The Kier molecular flexibility index (Phi) is 3.91. The van der Waals surface area contributed by atoms with E-state index in [0.717, 1.165) is 21.8 Å². The van der Waals surface area contributed by atoms with Gasteiger partial charge in [-0.3, -0.25) is 0 Å². The third-order valence-corrected chi connectivity index (χ3v) is 4.66. The van der Waals surface area contributed by atoms with Crippen LogP contribution in [0.3, 0.4) is 0 Å². The minimum atomic E-state index is -1.22. The highest BCUT2D eigenvalue weighted by Crippen LogP contribution is 2.48. The third kappa shape index (κ3) is 2.32. The molecule has 0 saturated heterocycles. The van der Waals surface area contributed by atoms with Crippen molar-refractivity contribution in [3.8, 4) is 0 Å². The lowest BCUT2D eigenvalue weighted by molar-refractivity contribution is -0.364. The van der Waals surface area contributed by atoms with Crippen molar-refractivity contribution in [1.29, 1.82) is 0 Å². The Labute approximate surface area is 128 Å². The monoisotopic (exact) mass is 303 g/mol. The molecule has 1 aliphatic heterocycles. The zero-order chi connectivity index (χ0) is 14.9. The number of hydrogen-bond acceptors (Lipinski definition) is 5. The summed E-state index contributed by atoms with van der Waals surface area (Å²) < 4.78 is 16.4. The van der Waals surface area contributed by atoms with Crippen LogP contribution in [0.15, 0.2) is 52.3 Å². The largest absolute Gasteiger partial charge is 0.353 e. The van der Waals surface area contributed by atoms with Gasteiger partial charge in [-0.2, -0.15) is 0 Å². The average Bonchev–Trinajstić information content (AvgIpc) is 2.55. The number of para-hydroxylation sites is 2. The highest BCUT2D eigenvalue weighted by atomic mass is 32.2. The maximum Gasteiger partial charge on any atom is 0.313 e. The van der Waals surface area contributed by atoms with E-state index in [2.05, 4.69) is 23.5 Å². The highest BCUT2D eigenvalue weighted by Gasteiger charge is 2.37. The molecule has 1 heterocycles. The minimum Gasteiger partial charge on any atom is -0.353 e. The van der Waals surface area contributed by atoms with Crippen LogP contribution in [0.4, 0.5) is 11.4 Å². The third-order valence-electron chi connectivity index (χ3n) is 3.53. The number of ether oxygens (including phenoxy) is 3. The van der Waals surface area contributed by atoms with E-state index in [4.69, 9.17) is 14.2 Å². The Morgan fingerprint density at radius 2 is 1.52 bits per heavy atom. The molecule has 0 radical (unpaired) electrons. The molecule has 0 spiro atoms. The number of rotatable bonds is 4. The van der Waals surface area contributed by atoms with Crippen molar-refractivity contribution < 1.29 is 14.2 Å². The summed E-state index contributed by atoms with van der Waals surface area (Å²) in [6.07, 6.45) is 0. The smallest absolute Gasteiger partial charge is 0.313 e. The van der Waals surface area contributed by atoms with Gasteiger partial charge in [-0.15, -0.1) is 0 Å². The van der Waals surface area contributed by atoms with Gasteiger partial charge in [0.25, 0.3) is 0 Å². The van der Waals surface area contributed by atoms with Crippen LogP contribution in [0.2, 0.25) is 0 Å². The van der Waals surface area contributed by atoms with E-state index < -0.39 is 5.97 Å². The van der Waals surface area contributed by atoms with Gasteiger partial charge >= 0.3 is 5.97 Å². The normalized spacial score (nSPS) is 13.3. The van der Waals surface area contributed by atoms with Crippen molar-refractivity contribution >= 4 is 23.1 Å². The Morgan fingerprint density at radius 3 is 2.24 bits per heavy atom. The summed E-state index contributed by atoms with van der Waals surface area (Å²) in [6, 6.07) is 14.2. The first-order valence-electron chi connectivity index (χ1n) is 6.57. The van der Waals surface area contributed by atoms with E-state index in [1.807, 2.05) is 24.3 Å². The van der Waals surface area contributed by atoms with Crippen LogP contribution in [0.1, 0.15) is 5.56 Å². The molecule has 0 saturated carbocycles. The highest BCUT2D eigenvalue weighted by molar-refractivity contribution is 7.99. The van der Waals surface area contributed by atoms with Gasteiger partial charge in [0.05, 0.1) is 16.9 Å². The fourth-order valence-electron chi connectivity index (χ4n) is 2.49. The van der Waals surface area contributed by atoms with E-state index in [1.165, 1.54) is 4.90 Å². The molecule has 0 unspecified atom stereocenters. The van der Waals surface area contributed by atoms with Crippen molar-refractivity contribution in [3.05, 3.63) is 48.0 Å². The summed E-state index contributed by atoms with van der Waals surface area (Å²) in [7, 11) is 4.70. The van der Waals surface area contributed by atoms with Gasteiger partial charge in [-0.1, -0.05) is 30.0 Å². The van der Waals surface area contributed by atoms with Crippen LogP contribution < -0.4 is 5.32 Å². The lowest BCUT2D eigenvalue weighted by Gasteiger charge is -2.33. The lowest BCUT2D eigenvalue weighted by Crippen LogP contribution is -2.34. The van der Waals surface area contributed by atoms with Crippen molar-refractivity contribution in [2.45, 2.75) is 15.8 Å². The van der Waals surface area contributed by atoms with Gasteiger partial charge in [0, 0.05) is 31.1 Å². The molecule has 110 valence electrons. The molecule has 4 nitrogen and oxygen atoms in total. The molecule has 0 aliphatic carbocycles. The second-order valence-corrected chi connectivity index (χ2v) is 5.65. The molecular weight excluding hydrogens is 286 g/mol. The Hall–Kier alpha value is -1.53. The van der Waals surface area contributed by atoms with Crippen LogP contribution >= 0.6 is 11.8 Å². The molecule has 0 amide bonds. The van der Waals surface area contributed by atoms with Crippen molar-refractivity contribution in [1.82, 2.24) is 0 Å². The van der Waals surface area contributed by atoms with E-state index in [1.54, 1.807) is 33.1 Å². The quantitative estimate of drug-likeness (QED) is 0.739. The van der Waals surface area contributed by atoms with Gasteiger partial charge in [0.1, 0.15) is 0 Å². The summed E-state index contributed by atoms with van der Waals surface area (Å²) in [5.41, 5.74) is 2.83. The summed E-state index contributed by atoms with van der Waals surface area (Å²) in [4.78, 5) is 2.31. The number of methoxy groups -OCH3 is 3. The molecule has 2 aromatic rings. The van der Waals surface area contributed by atoms with Gasteiger partial charge < -0.3 is 19.5 Å². The Balaban J connectivity index is 2.12. The van der Waals surface area contributed by atoms with E-state index in [-0.39, 0.29) is 0 Å². The maximum atomic E-state index is 5.48. The lowest BCUT2D eigenvalue weighted by atomic mass is 10.1. The predicted octanol–water partition coefficient (Wildman–Crippen LogP) is 3.94. The summed E-state index contributed by atoms with van der Waals surface area (Å²) in [6.45, 7) is 0. The molecule has 0 bridgehead atoms. The summed E-state index contributed by atoms with van der Waals surface area (Å²) >= 11 is 1.72. The Morgan fingerprint density at radius 1 is 0.857 bits per heavy atom. The number of fused-ring (bicyclic) bond motifs is 2.